The molecule has 9 nitrogen and oxygen atoms in total. The summed E-state index contributed by atoms with van der Waals surface area (Å²) < 4.78 is 15.4. The first-order chi connectivity index (χ1) is 13.0. The first-order valence-corrected chi connectivity index (χ1v) is 9.47. The molecule has 2 aliphatic rings. The molecule has 0 bridgehead atoms. The molecule has 2 rings (SSSR count). The summed E-state index contributed by atoms with van der Waals surface area (Å²) in [7, 11) is 2.79. The zero-order valence-corrected chi connectivity index (χ0v) is 16.0. The van der Waals surface area contributed by atoms with Crippen LogP contribution < -0.4 is 5.32 Å². The number of rotatable bonds is 9. The van der Waals surface area contributed by atoms with Crippen LogP contribution in [0.5, 0.6) is 0 Å². The van der Waals surface area contributed by atoms with Gasteiger partial charge in [0, 0.05) is 20.8 Å². The van der Waals surface area contributed by atoms with E-state index in [0.717, 1.165) is 25.8 Å². The maximum Gasteiger partial charge on any atom is 0.342 e. The zero-order valence-electron chi connectivity index (χ0n) is 16.0. The maximum atomic E-state index is 12.6. The molecule has 0 aromatic carbocycles. The summed E-state index contributed by atoms with van der Waals surface area (Å²) in [6.45, 7) is 1.24. The fourth-order valence-electron chi connectivity index (χ4n) is 3.60. The molecule has 0 spiro atoms. The predicted molar refractivity (Wildman–Crippen MR) is 94.8 cm³/mol. The van der Waals surface area contributed by atoms with E-state index in [1.807, 2.05) is 0 Å². The van der Waals surface area contributed by atoms with Crippen molar-refractivity contribution >= 4 is 17.8 Å². The number of carbonyl (C=O) groups is 3. The molecule has 0 aliphatic carbocycles. The van der Waals surface area contributed by atoms with Gasteiger partial charge in [0.25, 0.3) is 5.91 Å². The number of aliphatic hydroxyl groups is 1. The lowest BCUT2D eigenvalue weighted by atomic mass is 10.1. The Morgan fingerprint density at radius 3 is 2.41 bits per heavy atom. The van der Waals surface area contributed by atoms with Crippen molar-refractivity contribution in [1.82, 2.24) is 10.2 Å². The zero-order chi connectivity index (χ0) is 19.8. The Labute approximate surface area is 159 Å². The van der Waals surface area contributed by atoms with Crippen molar-refractivity contribution in [3.63, 3.8) is 0 Å². The lowest BCUT2D eigenvalue weighted by molar-refractivity contribution is -0.169. The molecule has 9 heteroatoms. The van der Waals surface area contributed by atoms with Gasteiger partial charge in [-0.3, -0.25) is 4.79 Å². The van der Waals surface area contributed by atoms with Gasteiger partial charge in [-0.25, -0.2) is 9.59 Å². The van der Waals surface area contributed by atoms with E-state index in [9.17, 15) is 19.5 Å². The summed E-state index contributed by atoms with van der Waals surface area (Å²) in [4.78, 5) is 38.4. The molecule has 1 amide bonds. The van der Waals surface area contributed by atoms with Crippen LogP contribution in [0.3, 0.4) is 0 Å². The van der Waals surface area contributed by atoms with Crippen molar-refractivity contribution < 1.29 is 33.7 Å². The minimum atomic E-state index is -0.951. The Morgan fingerprint density at radius 1 is 1.11 bits per heavy atom. The second-order valence-electron chi connectivity index (χ2n) is 6.93. The number of esters is 2. The molecule has 2 heterocycles. The maximum absolute atomic E-state index is 12.6. The standard InChI is InChI=1S/C18H30N2O7/c1-25-14(16(22)20-10-4-5-12(20)11-21)7-8-15(26-2)18(24)27-17(23)13-6-3-9-19-13/h12-15,19,21H,3-11H2,1-2H3/t12-,13?,14-,15-/m1/s1. The summed E-state index contributed by atoms with van der Waals surface area (Å²) in [6, 6.07) is -0.639. The highest BCUT2D eigenvalue weighted by Crippen LogP contribution is 2.20. The molecule has 2 saturated heterocycles. The molecular formula is C18H30N2O7. The molecular weight excluding hydrogens is 356 g/mol. The minimum Gasteiger partial charge on any atom is -0.394 e. The number of aliphatic hydroxyl groups excluding tert-OH is 1. The smallest absolute Gasteiger partial charge is 0.342 e. The first-order valence-electron chi connectivity index (χ1n) is 9.47. The second-order valence-corrected chi connectivity index (χ2v) is 6.93. The quantitative estimate of drug-likeness (QED) is 0.406. The Morgan fingerprint density at radius 2 is 1.81 bits per heavy atom. The van der Waals surface area contributed by atoms with Crippen molar-refractivity contribution in [2.75, 3.05) is 33.9 Å². The van der Waals surface area contributed by atoms with E-state index in [1.54, 1.807) is 4.90 Å². The fraction of sp³-hybridized carbons (Fsp3) is 0.833. The van der Waals surface area contributed by atoms with E-state index >= 15 is 0 Å². The van der Waals surface area contributed by atoms with Gasteiger partial charge in [-0.15, -0.1) is 0 Å². The van der Waals surface area contributed by atoms with Crippen LogP contribution in [0.4, 0.5) is 0 Å². The SMILES string of the molecule is CO[C@H](CC[C@@H](OC)C(=O)N1CCC[C@@H]1CO)C(=O)OC(=O)C1CCCN1. The third-order valence-electron chi connectivity index (χ3n) is 5.22. The van der Waals surface area contributed by atoms with Gasteiger partial charge in [0.05, 0.1) is 12.6 Å². The largest absolute Gasteiger partial charge is 0.394 e. The van der Waals surface area contributed by atoms with Gasteiger partial charge in [0.15, 0.2) is 6.10 Å². The average Bonchev–Trinajstić information content (AvgIpc) is 3.36. The highest BCUT2D eigenvalue weighted by atomic mass is 16.6. The number of carbonyl (C=O) groups excluding carboxylic acids is 3. The Bertz CT molecular complexity index is 522. The highest BCUT2D eigenvalue weighted by Gasteiger charge is 2.34. The van der Waals surface area contributed by atoms with Gasteiger partial charge >= 0.3 is 11.9 Å². The number of likely N-dealkylation sites (tertiary alicyclic amines) is 1. The van der Waals surface area contributed by atoms with E-state index < -0.39 is 30.2 Å². The van der Waals surface area contributed by atoms with Gasteiger partial charge in [-0.2, -0.15) is 0 Å². The summed E-state index contributed by atoms with van der Waals surface area (Å²) in [5, 5.41) is 12.4. The summed E-state index contributed by atoms with van der Waals surface area (Å²) in [5.74, 6) is -1.56. The fourth-order valence-corrected chi connectivity index (χ4v) is 3.60. The molecule has 27 heavy (non-hydrogen) atoms. The average molecular weight is 386 g/mol. The van der Waals surface area contributed by atoms with E-state index in [1.165, 1.54) is 14.2 Å². The highest BCUT2D eigenvalue weighted by molar-refractivity contribution is 5.90. The van der Waals surface area contributed by atoms with E-state index in [2.05, 4.69) is 5.32 Å². The normalized spacial score (nSPS) is 24.6. The number of nitrogens with one attached hydrogen (secondary N) is 1. The number of hydrogen-bond acceptors (Lipinski definition) is 8. The van der Waals surface area contributed by atoms with Gasteiger partial charge in [0.2, 0.25) is 0 Å². The molecule has 154 valence electrons. The number of nitrogens with zero attached hydrogens (tertiary/aromatic N) is 1. The van der Waals surface area contributed by atoms with Crippen molar-refractivity contribution in [3.8, 4) is 0 Å². The van der Waals surface area contributed by atoms with Gasteiger partial charge in [-0.1, -0.05) is 0 Å². The molecule has 0 aromatic rings. The number of amides is 1. The lowest BCUT2D eigenvalue weighted by Gasteiger charge is -2.27. The minimum absolute atomic E-state index is 0.0769. The molecule has 1 unspecified atom stereocenters. The predicted octanol–water partition coefficient (Wildman–Crippen LogP) is -0.398. The van der Waals surface area contributed by atoms with Crippen LogP contribution in [0.15, 0.2) is 0 Å². The molecule has 0 saturated carbocycles. The van der Waals surface area contributed by atoms with Crippen molar-refractivity contribution in [2.24, 2.45) is 0 Å². The Balaban J connectivity index is 1.85. The summed E-state index contributed by atoms with van der Waals surface area (Å²) in [5.41, 5.74) is 0. The molecule has 0 aromatic heterocycles. The van der Waals surface area contributed by atoms with E-state index in [4.69, 9.17) is 14.2 Å². The monoisotopic (exact) mass is 386 g/mol. The van der Waals surface area contributed by atoms with Crippen molar-refractivity contribution in [3.05, 3.63) is 0 Å². The third kappa shape index (κ3) is 5.71. The van der Waals surface area contributed by atoms with Crippen LogP contribution in [-0.4, -0.2) is 86.1 Å². The number of hydrogen-bond donors (Lipinski definition) is 2. The van der Waals surface area contributed by atoms with E-state index in [-0.39, 0.29) is 31.4 Å². The van der Waals surface area contributed by atoms with Crippen molar-refractivity contribution in [2.45, 2.75) is 62.8 Å². The number of methoxy groups -OCH3 is 2. The van der Waals surface area contributed by atoms with Gasteiger partial charge in [0.1, 0.15) is 12.1 Å². The van der Waals surface area contributed by atoms with Crippen LogP contribution >= 0.6 is 0 Å². The summed E-state index contributed by atoms with van der Waals surface area (Å²) in [6.07, 6.45) is 1.86. The van der Waals surface area contributed by atoms with E-state index in [0.29, 0.717) is 13.0 Å². The van der Waals surface area contributed by atoms with Crippen LogP contribution in [0.2, 0.25) is 0 Å². The Hall–Kier alpha value is -1.55. The first kappa shape index (κ1) is 21.7. The second kappa shape index (κ2) is 10.7. The topological polar surface area (TPSA) is 114 Å². The molecule has 2 N–H and O–H groups in total. The van der Waals surface area contributed by atoms with Crippen LogP contribution in [0.25, 0.3) is 0 Å². The third-order valence-corrected chi connectivity index (χ3v) is 5.22. The number of ether oxygens (including phenoxy) is 3. The lowest BCUT2D eigenvalue weighted by Crippen LogP contribution is -2.44. The molecule has 2 aliphatic heterocycles. The molecule has 4 atom stereocenters. The molecule has 0 radical (unpaired) electrons. The van der Waals surface area contributed by atoms with Crippen molar-refractivity contribution in [1.29, 1.82) is 0 Å². The van der Waals surface area contributed by atoms with Gasteiger partial charge < -0.3 is 29.5 Å². The Kier molecular flexibility index (Phi) is 8.62. The van der Waals surface area contributed by atoms with Crippen LogP contribution in [0, 0.1) is 0 Å². The van der Waals surface area contributed by atoms with Crippen LogP contribution in [0.1, 0.15) is 38.5 Å². The molecule has 2 fully saturated rings. The van der Waals surface area contributed by atoms with Gasteiger partial charge in [-0.05, 0) is 45.1 Å². The summed E-state index contributed by atoms with van der Waals surface area (Å²) >= 11 is 0. The van der Waals surface area contributed by atoms with Crippen LogP contribution in [-0.2, 0) is 28.6 Å².